The highest BCUT2D eigenvalue weighted by Gasteiger charge is 2.42. The third-order valence-electron chi connectivity index (χ3n) is 6.45. The molecule has 1 unspecified atom stereocenters. The van der Waals surface area contributed by atoms with Gasteiger partial charge in [-0.1, -0.05) is 97.9 Å². The van der Waals surface area contributed by atoms with Crippen LogP contribution in [0, 0.1) is 5.92 Å². The Morgan fingerprint density at radius 2 is 1.23 bits per heavy atom. The SMILES string of the molecule is CC1CN(C(c2ccccc2)(c2ccccc2)c2ccccc2)C=CC2=C1COC2. The van der Waals surface area contributed by atoms with Crippen molar-refractivity contribution in [1.82, 2.24) is 4.90 Å². The normalized spacial score (nSPS) is 19.0. The third-order valence-corrected chi connectivity index (χ3v) is 6.45. The first-order valence-electron chi connectivity index (χ1n) is 10.7. The molecule has 0 aliphatic carbocycles. The predicted molar refractivity (Wildman–Crippen MR) is 122 cm³/mol. The van der Waals surface area contributed by atoms with Crippen molar-refractivity contribution in [2.45, 2.75) is 12.5 Å². The first-order valence-corrected chi connectivity index (χ1v) is 10.7. The van der Waals surface area contributed by atoms with Crippen LogP contribution in [0.5, 0.6) is 0 Å². The Hall–Kier alpha value is -3.10. The maximum atomic E-state index is 5.75. The molecular formula is C28H27NO. The zero-order valence-corrected chi connectivity index (χ0v) is 17.4. The van der Waals surface area contributed by atoms with Crippen molar-refractivity contribution in [3.8, 4) is 0 Å². The molecule has 5 rings (SSSR count). The van der Waals surface area contributed by atoms with Crippen LogP contribution in [0.1, 0.15) is 23.6 Å². The van der Waals surface area contributed by atoms with Gasteiger partial charge >= 0.3 is 0 Å². The van der Waals surface area contributed by atoms with E-state index in [0.29, 0.717) is 5.92 Å². The average Bonchev–Trinajstić information content (AvgIpc) is 3.23. The number of benzene rings is 3. The summed E-state index contributed by atoms with van der Waals surface area (Å²) in [5, 5.41) is 0. The highest BCUT2D eigenvalue weighted by Crippen LogP contribution is 2.44. The van der Waals surface area contributed by atoms with Crippen LogP contribution in [0.3, 0.4) is 0 Å². The monoisotopic (exact) mass is 393 g/mol. The van der Waals surface area contributed by atoms with Crippen LogP contribution in [-0.2, 0) is 10.3 Å². The number of ether oxygens (including phenoxy) is 1. The predicted octanol–water partition coefficient (Wildman–Crippen LogP) is 5.77. The maximum absolute atomic E-state index is 5.75. The Bertz CT molecular complexity index is 957. The van der Waals surface area contributed by atoms with Crippen molar-refractivity contribution in [2.24, 2.45) is 5.92 Å². The van der Waals surface area contributed by atoms with Crippen molar-refractivity contribution in [1.29, 1.82) is 0 Å². The van der Waals surface area contributed by atoms with Gasteiger partial charge in [0.2, 0.25) is 0 Å². The highest BCUT2D eigenvalue weighted by atomic mass is 16.5. The fourth-order valence-corrected chi connectivity index (χ4v) is 5.00. The minimum Gasteiger partial charge on any atom is -0.372 e. The van der Waals surface area contributed by atoms with E-state index in [0.717, 1.165) is 19.8 Å². The number of nitrogens with zero attached hydrogens (tertiary/aromatic N) is 1. The summed E-state index contributed by atoms with van der Waals surface area (Å²) >= 11 is 0. The summed E-state index contributed by atoms with van der Waals surface area (Å²) in [5.74, 6) is 0.424. The van der Waals surface area contributed by atoms with Crippen molar-refractivity contribution >= 4 is 0 Å². The molecule has 2 aliphatic heterocycles. The van der Waals surface area contributed by atoms with Crippen LogP contribution in [0.15, 0.2) is 114 Å². The van der Waals surface area contributed by atoms with Gasteiger partial charge < -0.3 is 9.64 Å². The molecule has 0 saturated carbocycles. The van der Waals surface area contributed by atoms with Crippen LogP contribution in [-0.4, -0.2) is 24.7 Å². The number of hydrogen-bond acceptors (Lipinski definition) is 2. The van der Waals surface area contributed by atoms with E-state index < -0.39 is 5.54 Å². The van der Waals surface area contributed by atoms with Crippen LogP contribution >= 0.6 is 0 Å². The van der Waals surface area contributed by atoms with Gasteiger partial charge in [-0.2, -0.15) is 0 Å². The lowest BCUT2D eigenvalue weighted by Crippen LogP contribution is -2.47. The van der Waals surface area contributed by atoms with Crippen LogP contribution in [0.25, 0.3) is 0 Å². The topological polar surface area (TPSA) is 12.5 Å². The molecule has 2 nitrogen and oxygen atoms in total. The molecule has 1 atom stereocenters. The Morgan fingerprint density at radius 3 is 1.73 bits per heavy atom. The molecular weight excluding hydrogens is 366 g/mol. The second-order valence-corrected chi connectivity index (χ2v) is 8.22. The van der Waals surface area contributed by atoms with Gasteiger partial charge in [-0.3, -0.25) is 0 Å². The second kappa shape index (κ2) is 7.97. The van der Waals surface area contributed by atoms with Crippen molar-refractivity contribution in [3.63, 3.8) is 0 Å². The molecule has 0 N–H and O–H groups in total. The minimum atomic E-state index is -0.408. The Kier molecular flexibility index (Phi) is 5.02. The van der Waals surface area contributed by atoms with Crippen LogP contribution in [0.4, 0.5) is 0 Å². The fraction of sp³-hybridized carbons (Fsp3) is 0.214. The average molecular weight is 394 g/mol. The first-order chi connectivity index (χ1) is 14.8. The zero-order valence-electron chi connectivity index (χ0n) is 17.4. The van der Waals surface area contributed by atoms with Crippen LogP contribution < -0.4 is 0 Å². The zero-order chi connectivity index (χ0) is 20.4. The fourth-order valence-electron chi connectivity index (χ4n) is 5.00. The molecule has 0 radical (unpaired) electrons. The Labute approximate surface area is 179 Å². The lowest BCUT2D eigenvalue weighted by atomic mass is 9.75. The smallest absolute Gasteiger partial charge is 0.116 e. The summed E-state index contributed by atoms with van der Waals surface area (Å²) in [7, 11) is 0. The van der Waals surface area contributed by atoms with E-state index in [1.165, 1.54) is 27.8 Å². The lowest BCUT2D eigenvalue weighted by molar-refractivity contribution is 0.183. The van der Waals surface area contributed by atoms with Gasteiger partial charge in [-0.15, -0.1) is 0 Å². The van der Waals surface area contributed by atoms with Crippen LogP contribution in [0.2, 0.25) is 0 Å². The molecule has 0 fully saturated rings. The van der Waals surface area contributed by atoms with Gasteiger partial charge in [0.25, 0.3) is 0 Å². The molecule has 0 saturated heterocycles. The van der Waals surface area contributed by atoms with Gasteiger partial charge in [0.1, 0.15) is 5.54 Å². The van der Waals surface area contributed by atoms with E-state index in [9.17, 15) is 0 Å². The molecule has 0 amide bonds. The third kappa shape index (κ3) is 3.09. The van der Waals surface area contributed by atoms with E-state index in [-0.39, 0.29) is 0 Å². The van der Waals surface area contributed by atoms with Gasteiger partial charge in [-0.05, 0) is 39.8 Å². The molecule has 2 aliphatic rings. The van der Waals surface area contributed by atoms with E-state index >= 15 is 0 Å². The summed E-state index contributed by atoms with van der Waals surface area (Å²) < 4.78 is 5.75. The summed E-state index contributed by atoms with van der Waals surface area (Å²) in [6, 6.07) is 32.7. The summed E-state index contributed by atoms with van der Waals surface area (Å²) in [4.78, 5) is 2.54. The highest BCUT2D eigenvalue weighted by molar-refractivity contribution is 5.51. The standard InChI is InChI=1S/C28H27NO/c1-22-19-29(18-17-23-20-30-21-27(22)23)28(24-11-5-2-6-12-24,25-13-7-3-8-14-25)26-15-9-4-10-16-26/h2-18,22H,19-21H2,1H3. The molecule has 0 aromatic heterocycles. The Morgan fingerprint density at radius 1 is 0.733 bits per heavy atom. The maximum Gasteiger partial charge on any atom is 0.116 e. The first kappa shape index (κ1) is 18.9. The molecule has 0 bridgehead atoms. The van der Waals surface area contributed by atoms with E-state index in [1.807, 2.05) is 0 Å². The summed E-state index contributed by atoms with van der Waals surface area (Å²) in [6.45, 7) is 4.73. The van der Waals surface area contributed by atoms with E-state index in [2.05, 4.69) is 115 Å². The Balaban J connectivity index is 1.77. The number of hydrogen-bond donors (Lipinski definition) is 0. The molecule has 150 valence electrons. The van der Waals surface area contributed by atoms with Gasteiger partial charge in [0, 0.05) is 12.7 Å². The lowest BCUT2D eigenvalue weighted by Gasteiger charge is -2.46. The van der Waals surface area contributed by atoms with Gasteiger partial charge in [0.05, 0.1) is 13.2 Å². The largest absolute Gasteiger partial charge is 0.372 e. The molecule has 2 heteroatoms. The molecule has 3 aromatic carbocycles. The second-order valence-electron chi connectivity index (χ2n) is 8.22. The van der Waals surface area contributed by atoms with E-state index in [1.54, 1.807) is 0 Å². The van der Waals surface area contributed by atoms with Gasteiger partial charge in [-0.25, -0.2) is 0 Å². The quantitative estimate of drug-likeness (QED) is 0.522. The molecule has 0 spiro atoms. The minimum absolute atomic E-state index is 0.408. The van der Waals surface area contributed by atoms with E-state index in [4.69, 9.17) is 4.74 Å². The summed E-state index contributed by atoms with van der Waals surface area (Å²) in [6.07, 6.45) is 4.57. The molecule has 2 heterocycles. The van der Waals surface area contributed by atoms with Gasteiger partial charge in [0.15, 0.2) is 0 Å². The number of rotatable bonds is 4. The van der Waals surface area contributed by atoms with Crippen molar-refractivity contribution in [2.75, 3.05) is 19.8 Å². The molecule has 3 aromatic rings. The molecule has 30 heavy (non-hydrogen) atoms. The van der Waals surface area contributed by atoms with Crippen molar-refractivity contribution < 1.29 is 4.74 Å². The van der Waals surface area contributed by atoms with Crippen molar-refractivity contribution in [3.05, 3.63) is 131 Å². The summed E-state index contributed by atoms with van der Waals surface area (Å²) in [5.41, 5.74) is 6.20.